The van der Waals surface area contributed by atoms with Gasteiger partial charge in [0, 0.05) is 39.5 Å². The minimum absolute atomic E-state index is 0.0244. The molecule has 0 saturated heterocycles. The maximum atomic E-state index is 15.2. The number of benzene rings is 2. The number of carbonyl (C=O) groups is 3. The van der Waals surface area contributed by atoms with E-state index in [-0.39, 0.29) is 58.1 Å². The van der Waals surface area contributed by atoms with Gasteiger partial charge >= 0.3 is 5.97 Å². The van der Waals surface area contributed by atoms with Gasteiger partial charge in [-0.05, 0) is 47.8 Å². The second-order valence-corrected chi connectivity index (χ2v) is 9.24. The van der Waals surface area contributed by atoms with E-state index in [9.17, 15) is 18.8 Å². The molecule has 35 heavy (non-hydrogen) atoms. The van der Waals surface area contributed by atoms with Crippen LogP contribution in [-0.2, 0) is 24.5 Å². The van der Waals surface area contributed by atoms with Crippen molar-refractivity contribution < 1.29 is 27.9 Å². The lowest BCUT2D eigenvalue weighted by Crippen LogP contribution is -2.53. The first-order valence-electron chi connectivity index (χ1n) is 11.0. The Labute approximate surface area is 207 Å². The minimum atomic E-state index is -1.86. The Bertz CT molecular complexity index is 1360. The van der Waals surface area contributed by atoms with E-state index in [1.54, 1.807) is 31.2 Å². The first-order valence-corrected chi connectivity index (χ1v) is 11.8. The van der Waals surface area contributed by atoms with Crippen molar-refractivity contribution in [3.05, 3.63) is 80.7 Å². The average Bonchev–Trinajstić information content (AvgIpc) is 3.07. The summed E-state index contributed by atoms with van der Waals surface area (Å²) in [5.41, 5.74) is 5.41. The fourth-order valence-electron chi connectivity index (χ4n) is 5.27. The third-order valence-electron chi connectivity index (χ3n) is 6.51. The quantitative estimate of drug-likeness (QED) is 0.563. The van der Waals surface area contributed by atoms with Crippen LogP contribution in [0, 0.1) is 11.6 Å². The molecule has 1 amide bonds. The number of carbonyl (C=O) groups excluding carboxylic acids is 3. The highest BCUT2D eigenvalue weighted by Gasteiger charge is 2.62. The smallest absolute Gasteiger partial charge is 0.339 e. The van der Waals surface area contributed by atoms with Crippen molar-refractivity contribution in [2.75, 3.05) is 16.8 Å². The van der Waals surface area contributed by atoms with Gasteiger partial charge in [-0.25, -0.2) is 13.6 Å². The summed E-state index contributed by atoms with van der Waals surface area (Å²) < 4.78 is 34.4. The Kier molecular flexibility index (Phi) is 5.51. The van der Waals surface area contributed by atoms with Crippen molar-refractivity contribution in [1.82, 2.24) is 0 Å². The lowest BCUT2D eigenvalue weighted by atomic mass is 9.63. The first-order chi connectivity index (χ1) is 16.7. The minimum Gasteiger partial charge on any atom is -0.462 e. The molecule has 2 aliphatic heterocycles. The molecule has 3 aliphatic rings. The molecule has 1 atom stereocenters. The second-order valence-electron chi connectivity index (χ2n) is 8.38. The molecule has 3 N–H and O–H groups in total. The molecular formula is C25H20BrF2N3O4. The Morgan fingerprint density at radius 2 is 1.97 bits per heavy atom. The molecule has 2 aromatic rings. The van der Waals surface area contributed by atoms with Gasteiger partial charge in [0.25, 0.3) is 0 Å². The number of esters is 1. The topological polar surface area (TPSA) is 102 Å². The summed E-state index contributed by atoms with van der Waals surface area (Å²) in [6.45, 7) is 1.57. The summed E-state index contributed by atoms with van der Waals surface area (Å²) in [5.74, 6) is -3.94. The van der Waals surface area contributed by atoms with Crippen LogP contribution in [0.5, 0.6) is 0 Å². The summed E-state index contributed by atoms with van der Waals surface area (Å²) in [5, 5.41) is 2.77. The molecule has 7 nitrogen and oxygen atoms in total. The molecule has 0 fully saturated rings. The molecule has 0 aromatic heterocycles. The van der Waals surface area contributed by atoms with Crippen molar-refractivity contribution in [2.24, 2.45) is 5.73 Å². The van der Waals surface area contributed by atoms with E-state index in [1.165, 1.54) is 4.90 Å². The Hall–Kier alpha value is -3.53. The van der Waals surface area contributed by atoms with Crippen LogP contribution in [0.25, 0.3) is 0 Å². The number of nitrogens with zero attached hydrogens (tertiary/aromatic N) is 1. The average molecular weight is 544 g/mol. The summed E-state index contributed by atoms with van der Waals surface area (Å²) in [6, 6.07) is 8.46. The van der Waals surface area contributed by atoms with Crippen LogP contribution in [-0.4, -0.2) is 24.3 Å². The number of ether oxygens (including phenoxy) is 1. The highest BCUT2D eigenvalue weighted by Crippen LogP contribution is 2.56. The number of hydrogen-bond donors (Lipinski definition) is 2. The number of anilines is 2. The number of para-hydroxylation sites is 1. The van der Waals surface area contributed by atoms with Crippen LogP contribution >= 0.6 is 15.9 Å². The number of nitrogens with one attached hydrogen (secondary N) is 1. The number of amides is 1. The van der Waals surface area contributed by atoms with Gasteiger partial charge in [0.2, 0.25) is 5.91 Å². The van der Waals surface area contributed by atoms with E-state index in [0.29, 0.717) is 23.7 Å². The van der Waals surface area contributed by atoms with Gasteiger partial charge in [-0.2, -0.15) is 0 Å². The third kappa shape index (κ3) is 3.16. The van der Waals surface area contributed by atoms with Gasteiger partial charge in [0.15, 0.2) is 11.6 Å². The zero-order chi connectivity index (χ0) is 25.1. The number of Topliss-reactive ketones (excluding diaryl/α,β-unsaturated/α-hetero) is 1. The zero-order valence-electron chi connectivity index (χ0n) is 18.6. The molecule has 1 unspecified atom stereocenters. The maximum absolute atomic E-state index is 15.2. The molecule has 10 heteroatoms. The predicted octanol–water partition coefficient (Wildman–Crippen LogP) is 4.18. The molecule has 0 radical (unpaired) electrons. The van der Waals surface area contributed by atoms with Gasteiger partial charge in [-0.15, -0.1) is 0 Å². The Morgan fingerprint density at radius 1 is 1.23 bits per heavy atom. The Balaban J connectivity index is 1.93. The molecule has 180 valence electrons. The highest BCUT2D eigenvalue weighted by molar-refractivity contribution is 9.10. The molecular weight excluding hydrogens is 524 g/mol. The van der Waals surface area contributed by atoms with E-state index in [4.69, 9.17) is 10.5 Å². The number of nitrogens with two attached hydrogens (primary N) is 1. The van der Waals surface area contributed by atoms with Crippen molar-refractivity contribution in [2.45, 2.75) is 31.6 Å². The largest absolute Gasteiger partial charge is 0.462 e. The molecule has 2 heterocycles. The van der Waals surface area contributed by atoms with Crippen LogP contribution in [0.2, 0.25) is 0 Å². The van der Waals surface area contributed by atoms with Crippen molar-refractivity contribution >= 4 is 45.0 Å². The predicted molar refractivity (Wildman–Crippen MR) is 127 cm³/mol. The van der Waals surface area contributed by atoms with Crippen LogP contribution in [0.4, 0.5) is 20.2 Å². The third-order valence-corrected chi connectivity index (χ3v) is 7.11. The van der Waals surface area contributed by atoms with E-state index >= 15 is 4.39 Å². The molecule has 0 bridgehead atoms. The van der Waals surface area contributed by atoms with E-state index in [0.717, 1.165) is 6.07 Å². The van der Waals surface area contributed by atoms with Crippen molar-refractivity contribution in [1.29, 1.82) is 0 Å². The van der Waals surface area contributed by atoms with Crippen LogP contribution in [0.1, 0.15) is 31.7 Å². The van der Waals surface area contributed by atoms with Crippen molar-refractivity contribution in [3.8, 4) is 0 Å². The monoisotopic (exact) mass is 543 g/mol. The molecule has 2 aromatic carbocycles. The summed E-state index contributed by atoms with van der Waals surface area (Å²) in [6.07, 6.45) is 0.835. The summed E-state index contributed by atoms with van der Waals surface area (Å²) in [7, 11) is 0. The Morgan fingerprint density at radius 3 is 2.69 bits per heavy atom. The van der Waals surface area contributed by atoms with Gasteiger partial charge in [0.1, 0.15) is 22.6 Å². The van der Waals surface area contributed by atoms with Gasteiger partial charge in [-0.3, -0.25) is 14.5 Å². The maximum Gasteiger partial charge on any atom is 0.339 e. The van der Waals surface area contributed by atoms with Crippen LogP contribution in [0.15, 0.2) is 63.5 Å². The number of hydrogen-bond acceptors (Lipinski definition) is 6. The summed E-state index contributed by atoms with van der Waals surface area (Å²) >= 11 is 3.19. The number of rotatable bonds is 3. The molecule has 0 saturated carbocycles. The van der Waals surface area contributed by atoms with Crippen LogP contribution in [0.3, 0.4) is 0 Å². The van der Waals surface area contributed by atoms with E-state index in [2.05, 4.69) is 21.2 Å². The number of ketones is 1. The molecule has 1 spiro atoms. The van der Waals surface area contributed by atoms with E-state index < -0.39 is 28.9 Å². The molecule has 5 rings (SSSR count). The lowest BCUT2D eigenvalue weighted by molar-refractivity contribution is -0.140. The lowest BCUT2D eigenvalue weighted by Gasteiger charge is -2.44. The zero-order valence-corrected chi connectivity index (χ0v) is 20.2. The summed E-state index contributed by atoms with van der Waals surface area (Å²) in [4.78, 5) is 42.0. The number of allylic oxidation sites excluding steroid dienone is 1. The molecule has 1 aliphatic carbocycles. The normalized spacial score (nSPS) is 21.3. The standard InChI is InChI=1S/C25H20BrF2N3O4/c1-2-35-23(33)20-22(29)31(21-14(26)10-12(27)11-15(21)28)17-8-5-9-18(32)19(17)25(20)13-6-3-4-7-16(13)30-24(25)34/h3-4,6-7,10-11H,2,5,8-9,29H2,1H3,(H,30,34). The van der Waals surface area contributed by atoms with Gasteiger partial charge in [0.05, 0.1) is 12.3 Å². The number of fused-ring (bicyclic) bond motifs is 3. The van der Waals surface area contributed by atoms with Gasteiger partial charge in [-0.1, -0.05) is 18.2 Å². The van der Waals surface area contributed by atoms with Crippen molar-refractivity contribution in [3.63, 3.8) is 0 Å². The highest BCUT2D eigenvalue weighted by atomic mass is 79.9. The van der Waals surface area contributed by atoms with Gasteiger partial charge < -0.3 is 15.8 Å². The SMILES string of the molecule is CCOC(=O)C1=C(N)N(c2c(F)cc(F)cc2Br)C2=C(C(=O)CCC2)C12C(=O)Nc1ccccc12. The second kappa shape index (κ2) is 8.30. The van der Waals surface area contributed by atoms with Crippen LogP contribution < -0.4 is 16.0 Å². The van der Waals surface area contributed by atoms with E-state index in [1.807, 2.05) is 0 Å². The fraction of sp³-hybridized carbons (Fsp3) is 0.240. The first kappa shape index (κ1) is 23.2. The number of halogens is 3. The fourth-order valence-corrected chi connectivity index (χ4v) is 5.85.